The number of anilines is 2. The molecule has 0 aliphatic carbocycles. The van der Waals surface area contributed by atoms with Gasteiger partial charge < -0.3 is 24.8 Å². The summed E-state index contributed by atoms with van der Waals surface area (Å²) in [6.45, 7) is 8.77. The molecular formula is C27H32N6O2. The van der Waals surface area contributed by atoms with E-state index in [4.69, 9.17) is 14.7 Å². The molecule has 2 amide bonds. The first-order chi connectivity index (χ1) is 16.9. The number of hydrogen-bond acceptors (Lipinski definition) is 6. The molecule has 0 bridgehead atoms. The lowest BCUT2D eigenvalue weighted by Crippen LogP contribution is -2.45. The fourth-order valence-electron chi connectivity index (χ4n) is 4.33. The van der Waals surface area contributed by atoms with Gasteiger partial charge in [-0.3, -0.25) is 0 Å². The van der Waals surface area contributed by atoms with Gasteiger partial charge in [-0.15, -0.1) is 0 Å². The second kappa shape index (κ2) is 9.92. The molecule has 2 aliphatic rings. The molecule has 3 heterocycles. The van der Waals surface area contributed by atoms with Gasteiger partial charge in [0.05, 0.1) is 17.8 Å². The van der Waals surface area contributed by atoms with Crippen LogP contribution in [0.25, 0.3) is 0 Å². The zero-order valence-corrected chi connectivity index (χ0v) is 20.6. The predicted molar refractivity (Wildman–Crippen MR) is 137 cm³/mol. The highest BCUT2D eigenvalue weighted by Crippen LogP contribution is 2.32. The lowest BCUT2D eigenvalue weighted by atomic mass is 10.1. The van der Waals surface area contributed by atoms with E-state index < -0.39 is 0 Å². The number of likely N-dealkylation sites (N-methyl/N-ethyl adjacent to an activating group) is 1. The second-order valence-corrected chi connectivity index (χ2v) is 9.43. The summed E-state index contributed by atoms with van der Waals surface area (Å²) < 4.78 is 6.30. The minimum absolute atomic E-state index is 0.135. The largest absolute Gasteiger partial charge is 0.438 e. The Labute approximate surface area is 206 Å². The van der Waals surface area contributed by atoms with E-state index in [-0.39, 0.29) is 6.03 Å². The van der Waals surface area contributed by atoms with Gasteiger partial charge in [0.2, 0.25) is 11.8 Å². The molecular weight excluding hydrogens is 440 g/mol. The standard InChI is InChI=1S/C27H32N6O2/c1-19-4-8-21(9-5-19)28-27(34)33-13-12-24-23(18-33)25(35-22-10-6-20(2)7-11-22)30-26(29-24)32-16-14-31(3)15-17-32/h4-11H,12-18H2,1-3H3,(H,28,34). The number of aromatic nitrogens is 2. The van der Waals surface area contributed by atoms with Crippen molar-refractivity contribution in [3.8, 4) is 11.6 Å². The number of fused-ring (bicyclic) bond motifs is 1. The van der Waals surface area contributed by atoms with Crippen molar-refractivity contribution in [3.63, 3.8) is 0 Å². The van der Waals surface area contributed by atoms with Crippen LogP contribution in [0.4, 0.5) is 16.4 Å². The van der Waals surface area contributed by atoms with Crippen molar-refractivity contribution in [3.05, 3.63) is 70.9 Å². The maximum absolute atomic E-state index is 13.0. The minimum atomic E-state index is -0.135. The zero-order chi connectivity index (χ0) is 24.4. The number of hydrogen-bond donors (Lipinski definition) is 1. The van der Waals surface area contributed by atoms with E-state index in [0.29, 0.717) is 31.3 Å². The van der Waals surface area contributed by atoms with Crippen LogP contribution in [0.5, 0.6) is 11.6 Å². The normalized spacial score (nSPS) is 16.1. The Morgan fingerprint density at radius 1 is 0.886 bits per heavy atom. The Balaban J connectivity index is 1.41. The summed E-state index contributed by atoms with van der Waals surface area (Å²) in [6.07, 6.45) is 0.657. The smallest absolute Gasteiger partial charge is 0.322 e. The number of nitrogens with zero attached hydrogens (tertiary/aromatic N) is 5. The number of aryl methyl sites for hydroxylation is 2. The minimum Gasteiger partial charge on any atom is -0.438 e. The van der Waals surface area contributed by atoms with Crippen LogP contribution >= 0.6 is 0 Å². The molecule has 1 fully saturated rings. The fraction of sp³-hybridized carbons (Fsp3) is 0.370. The van der Waals surface area contributed by atoms with Crippen molar-refractivity contribution in [2.75, 3.05) is 50.0 Å². The molecule has 2 aliphatic heterocycles. The van der Waals surface area contributed by atoms with E-state index in [9.17, 15) is 4.79 Å². The van der Waals surface area contributed by atoms with Crippen molar-refractivity contribution >= 4 is 17.7 Å². The summed E-state index contributed by atoms with van der Waals surface area (Å²) in [6, 6.07) is 15.6. The number of amides is 2. The van der Waals surface area contributed by atoms with Gasteiger partial charge in [-0.1, -0.05) is 35.4 Å². The van der Waals surface area contributed by atoms with Crippen LogP contribution in [-0.4, -0.2) is 65.6 Å². The number of ether oxygens (including phenoxy) is 1. The first kappa shape index (κ1) is 23.1. The second-order valence-electron chi connectivity index (χ2n) is 9.43. The molecule has 182 valence electrons. The SMILES string of the molecule is Cc1ccc(NC(=O)N2CCc3nc(N4CCN(C)CC4)nc(Oc4ccc(C)cc4)c3C2)cc1. The third-order valence-corrected chi connectivity index (χ3v) is 6.62. The maximum Gasteiger partial charge on any atom is 0.322 e. The van der Waals surface area contributed by atoms with Crippen molar-refractivity contribution < 1.29 is 9.53 Å². The first-order valence-electron chi connectivity index (χ1n) is 12.1. The molecule has 1 saturated heterocycles. The molecule has 1 N–H and O–H groups in total. The molecule has 0 spiro atoms. The van der Waals surface area contributed by atoms with E-state index in [1.54, 1.807) is 4.90 Å². The Morgan fingerprint density at radius 3 is 2.23 bits per heavy atom. The third-order valence-electron chi connectivity index (χ3n) is 6.62. The van der Waals surface area contributed by atoms with Gasteiger partial charge in [-0.2, -0.15) is 4.98 Å². The molecule has 0 saturated carbocycles. The predicted octanol–water partition coefficient (Wildman–Crippen LogP) is 4.23. The molecule has 0 radical (unpaired) electrons. The fourth-order valence-corrected chi connectivity index (χ4v) is 4.33. The topological polar surface area (TPSA) is 73.8 Å². The number of urea groups is 1. The zero-order valence-electron chi connectivity index (χ0n) is 20.6. The summed E-state index contributed by atoms with van der Waals surface area (Å²) in [4.78, 5) is 29.1. The average molecular weight is 473 g/mol. The van der Waals surface area contributed by atoms with E-state index >= 15 is 0 Å². The van der Waals surface area contributed by atoms with Crippen molar-refractivity contribution in [2.24, 2.45) is 0 Å². The van der Waals surface area contributed by atoms with Crippen LogP contribution in [0.3, 0.4) is 0 Å². The van der Waals surface area contributed by atoms with Crippen LogP contribution < -0.4 is 15.0 Å². The molecule has 2 aromatic carbocycles. The third kappa shape index (κ3) is 5.38. The van der Waals surface area contributed by atoms with Crippen LogP contribution in [0, 0.1) is 13.8 Å². The average Bonchev–Trinajstić information content (AvgIpc) is 2.87. The van der Waals surface area contributed by atoms with E-state index in [1.807, 2.05) is 62.4 Å². The lowest BCUT2D eigenvalue weighted by molar-refractivity contribution is 0.205. The molecule has 0 unspecified atom stereocenters. The molecule has 0 atom stereocenters. The van der Waals surface area contributed by atoms with Crippen molar-refractivity contribution in [1.82, 2.24) is 19.8 Å². The Bertz CT molecular complexity index is 1190. The van der Waals surface area contributed by atoms with Gasteiger partial charge in [0.25, 0.3) is 0 Å². The Morgan fingerprint density at radius 2 is 1.54 bits per heavy atom. The van der Waals surface area contributed by atoms with Crippen molar-refractivity contribution in [1.29, 1.82) is 0 Å². The van der Waals surface area contributed by atoms with Crippen LogP contribution in [0.2, 0.25) is 0 Å². The number of rotatable bonds is 4. The molecule has 8 heteroatoms. The summed E-state index contributed by atoms with van der Waals surface area (Å²) in [5.41, 5.74) is 4.92. The van der Waals surface area contributed by atoms with E-state index in [2.05, 4.69) is 22.2 Å². The van der Waals surface area contributed by atoms with Gasteiger partial charge in [0.1, 0.15) is 5.75 Å². The van der Waals surface area contributed by atoms with Gasteiger partial charge in [-0.25, -0.2) is 9.78 Å². The van der Waals surface area contributed by atoms with Crippen LogP contribution in [0.15, 0.2) is 48.5 Å². The molecule has 1 aromatic heterocycles. The van der Waals surface area contributed by atoms with Crippen LogP contribution in [-0.2, 0) is 13.0 Å². The molecule has 3 aromatic rings. The highest BCUT2D eigenvalue weighted by atomic mass is 16.5. The van der Waals surface area contributed by atoms with Gasteiger partial charge >= 0.3 is 6.03 Å². The summed E-state index contributed by atoms with van der Waals surface area (Å²) in [5, 5.41) is 3.00. The quantitative estimate of drug-likeness (QED) is 0.613. The van der Waals surface area contributed by atoms with Crippen LogP contribution in [0.1, 0.15) is 22.4 Å². The summed E-state index contributed by atoms with van der Waals surface area (Å²) in [7, 11) is 2.13. The molecule has 5 rings (SSSR count). The van der Waals surface area contributed by atoms with E-state index in [0.717, 1.165) is 54.4 Å². The maximum atomic E-state index is 13.0. The number of carbonyl (C=O) groups is 1. The first-order valence-corrected chi connectivity index (χ1v) is 12.1. The highest BCUT2D eigenvalue weighted by Gasteiger charge is 2.28. The molecule has 8 nitrogen and oxygen atoms in total. The highest BCUT2D eigenvalue weighted by molar-refractivity contribution is 5.89. The summed E-state index contributed by atoms with van der Waals surface area (Å²) in [5.74, 6) is 1.96. The van der Waals surface area contributed by atoms with Crippen molar-refractivity contribution in [2.45, 2.75) is 26.8 Å². The monoisotopic (exact) mass is 472 g/mol. The van der Waals surface area contributed by atoms with Gasteiger partial charge in [-0.05, 0) is 45.2 Å². The number of benzene rings is 2. The van der Waals surface area contributed by atoms with Gasteiger partial charge in [0.15, 0.2) is 0 Å². The Kier molecular flexibility index (Phi) is 6.55. The summed E-state index contributed by atoms with van der Waals surface area (Å²) >= 11 is 0. The number of carbonyl (C=O) groups excluding carboxylic acids is 1. The van der Waals surface area contributed by atoms with E-state index in [1.165, 1.54) is 5.56 Å². The number of nitrogens with one attached hydrogen (secondary N) is 1. The Hall–Kier alpha value is -3.65. The van der Waals surface area contributed by atoms with Gasteiger partial charge in [0, 0.05) is 44.8 Å². The lowest BCUT2D eigenvalue weighted by Gasteiger charge is -2.34. The molecule has 35 heavy (non-hydrogen) atoms. The number of piperazine rings is 1.